The first kappa shape index (κ1) is 38.4. The molecule has 6 heterocycles. The molecule has 0 saturated carbocycles. The summed E-state index contributed by atoms with van der Waals surface area (Å²) >= 11 is 3.21. The number of fused-ring (bicyclic) bond motifs is 1. The fourth-order valence-electron chi connectivity index (χ4n) is 6.89. The summed E-state index contributed by atoms with van der Waals surface area (Å²) in [5, 5.41) is 9.46. The highest BCUT2D eigenvalue weighted by molar-refractivity contribution is 7.27. The number of amides is 4. The van der Waals surface area contributed by atoms with E-state index in [0.29, 0.717) is 30.4 Å². The van der Waals surface area contributed by atoms with Gasteiger partial charge in [0.25, 0.3) is 0 Å². The Morgan fingerprint density at radius 1 is 0.778 bits per heavy atom. The molecule has 2 aliphatic rings. The Morgan fingerprint density at radius 2 is 1.31 bits per heavy atom. The lowest BCUT2D eigenvalue weighted by molar-refractivity contribution is -0.136. The van der Waals surface area contributed by atoms with E-state index < -0.39 is 24.3 Å². The largest absolute Gasteiger partial charge is 0.453 e. The van der Waals surface area contributed by atoms with Crippen LogP contribution in [0.25, 0.3) is 20.7 Å². The fraction of sp³-hybridized carbons (Fsp3) is 0.474. The van der Waals surface area contributed by atoms with E-state index in [0.717, 1.165) is 51.9 Å². The molecule has 0 bridgehead atoms. The van der Waals surface area contributed by atoms with Gasteiger partial charge in [-0.05, 0) is 55.3 Å². The molecule has 0 aliphatic carbocycles. The number of aromatic amines is 2. The molecule has 284 valence electrons. The molecular weight excluding hydrogens is 729 g/mol. The lowest BCUT2D eigenvalue weighted by Gasteiger charge is -2.30. The van der Waals surface area contributed by atoms with Gasteiger partial charge in [0.1, 0.15) is 29.4 Å². The zero-order valence-electron chi connectivity index (χ0n) is 31.1. The second kappa shape index (κ2) is 16.8. The van der Waals surface area contributed by atoms with Crippen LogP contribution in [-0.4, -0.2) is 93.1 Å². The fourth-order valence-corrected chi connectivity index (χ4v) is 9.19. The van der Waals surface area contributed by atoms with Gasteiger partial charge in [-0.3, -0.25) is 9.59 Å². The van der Waals surface area contributed by atoms with Crippen molar-refractivity contribution >= 4 is 56.1 Å². The maximum absolute atomic E-state index is 13.6. The Labute approximate surface area is 321 Å². The van der Waals surface area contributed by atoms with Crippen molar-refractivity contribution in [2.45, 2.75) is 77.5 Å². The van der Waals surface area contributed by atoms with Crippen molar-refractivity contribution in [2.24, 2.45) is 11.8 Å². The number of rotatable bonds is 9. The average molecular weight is 773 g/mol. The Hall–Kier alpha value is -5.32. The molecule has 16 heteroatoms. The number of nitrogens with zero attached hydrogens (tertiary/aromatic N) is 4. The van der Waals surface area contributed by atoms with Gasteiger partial charge in [0.15, 0.2) is 0 Å². The zero-order valence-corrected chi connectivity index (χ0v) is 32.7. The molecule has 54 heavy (non-hydrogen) atoms. The van der Waals surface area contributed by atoms with E-state index in [-0.39, 0.29) is 35.7 Å². The molecule has 2 saturated heterocycles. The van der Waals surface area contributed by atoms with Crippen LogP contribution in [0.2, 0.25) is 0 Å². The smallest absolute Gasteiger partial charge is 0.407 e. The number of carbonyl (C=O) groups excluding carboxylic acids is 4. The van der Waals surface area contributed by atoms with Crippen molar-refractivity contribution in [3.05, 3.63) is 46.1 Å². The lowest BCUT2D eigenvalue weighted by atomic mass is 10.0. The minimum Gasteiger partial charge on any atom is -0.453 e. The van der Waals surface area contributed by atoms with Crippen LogP contribution in [0, 0.1) is 35.5 Å². The Morgan fingerprint density at radius 3 is 1.89 bits per heavy atom. The molecule has 6 rings (SSSR count). The van der Waals surface area contributed by atoms with E-state index in [1.165, 1.54) is 14.2 Å². The number of thiophene rings is 2. The van der Waals surface area contributed by atoms with E-state index >= 15 is 0 Å². The maximum Gasteiger partial charge on any atom is 0.407 e. The number of imidazole rings is 2. The van der Waals surface area contributed by atoms with Gasteiger partial charge in [-0.2, -0.15) is 0 Å². The van der Waals surface area contributed by atoms with Crippen LogP contribution >= 0.6 is 22.7 Å². The van der Waals surface area contributed by atoms with Crippen molar-refractivity contribution in [3.8, 4) is 34.9 Å². The third-order valence-electron chi connectivity index (χ3n) is 9.71. The van der Waals surface area contributed by atoms with Gasteiger partial charge in [-0.25, -0.2) is 19.6 Å². The molecule has 4 aromatic rings. The third kappa shape index (κ3) is 8.10. The topological polar surface area (TPSA) is 175 Å². The second-order valence-electron chi connectivity index (χ2n) is 13.9. The number of alkyl carbamates (subject to hydrolysis) is 2. The zero-order chi connectivity index (χ0) is 38.5. The Kier molecular flexibility index (Phi) is 11.9. The van der Waals surface area contributed by atoms with Gasteiger partial charge < -0.3 is 39.9 Å². The number of methoxy groups -OCH3 is 2. The molecule has 2 fully saturated rings. The highest BCUT2D eigenvalue weighted by atomic mass is 32.1. The van der Waals surface area contributed by atoms with Crippen molar-refractivity contribution < 1.29 is 28.7 Å². The molecule has 0 aromatic carbocycles. The highest BCUT2D eigenvalue weighted by Gasteiger charge is 2.39. The number of hydrogen-bond donors (Lipinski definition) is 4. The third-order valence-corrected chi connectivity index (χ3v) is 11.9. The average Bonchev–Trinajstić information content (AvgIpc) is 4.00. The van der Waals surface area contributed by atoms with Crippen LogP contribution in [0.5, 0.6) is 0 Å². The number of likely N-dealkylation sites (tertiary alicyclic amines) is 2. The first-order valence-electron chi connectivity index (χ1n) is 17.9. The monoisotopic (exact) mass is 772 g/mol. The van der Waals surface area contributed by atoms with Crippen LogP contribution in [-0.2, 0) is 19.1 Å². The van der Waals surface area contributed by atoms with Gasteiger partial charge in [0.05, 0.1) is 59.4 Å². The van der Waals surface area contributed by atoms with Crippen LogP contribution < -0.4 is 10.6 Å². The molecule has 0 radical (unpaired) electrons. The number of aromatic nitrogens is 4. The minimum absolute atomic E-state index is 0.112. The molecular formula is C38H44N8O6S2. The van der Waals surface area contributed by atoms with Crippen molar-refractivity contribution in [3.63, 3.8) is 0 Å². The number of ether oxygens (including phenoxy) is 2. The molecule has 0 spiro atoms. The number of carbonyl (C=O) groups is 4. The molecule has 0 unspecified atom stereocenters. The van der Waals surface area contributed by atoms with Crippen molar-refractivity contribution in [2.75, 3.05) is 27.3 Å². The van der Waals surface area contributed by atoms with Crippen LogP contribution in [0.15, 0.2) is 23.2 Å². The normalized spacial score (nSPS) is 17.9. The van der Waals surface area contributed by atoms with Gasteiger partial charge in [0.2, 0.25) is 11.8 Å². The predicted octanol–water partition coefficient (Wildman–Crippen LogP) is 5.57. The standard InChI is InChI=1S/C38H44N8O6S2/c1-21(2)29(43-37(49)51-5)35(47)45-15-9-13-27(45)33-39-17-24(41-33)12-8-7-11-23-19-53-32-25(20-54-31(23)32)26-18-40-34(42-26)28-14-10-16-46(28)36(48)30(22(3)4)44-38(50)52-6/h17-22,27-30H,9-10,13-16H2,1-6H3,(H,39,41)(H,40,42)(H,43,49)(H,44,50)/t27-,28-,29-,30-/m0/s1. The second-order valence-corrected chi connectivity index (χ2v) is 15.7. The summed E-state index contributed by atoms with van der Waals surface area (Å²) in [6.07, 6.45) is 5.37. The summed E-state index contributed by atoms with van der Waals surface area (Å²) in [7, 11) is 2.56. The first-order valence-corrected chi connectivity index (χ1v) is 19.7. The van der Waals surface area contributed by atoms with Crippen molar-refractivity contribution in [1.29, 1.82) is 0 Å². The van der Waals surface area contributed by atoms with Crippen LogP contribution in [0.4, 0.5) is 9.59 Å². The number of hydrogen-bond acceptors (Lipinski definition) is 10. The number of H-pyrrole nitrogens is 2. The van der Waals surface area contributed by atoms with Gasteiger partial charge in [-0.1, -0.05) is 33.6 Å². The summed E-state index contributed by atoms with van der Waals surface area (Å²) < 4.78 is 11.6. The van der Waals surface area contributed by atoms with Gasteiger partial charge in [0, 0.05) is 29.4 Å². The quantitative estimate of drug-likeness (QED) is 0.160. The molecule has 14 nitrogen and oxygen atoms in total. The Balaban J connectivity index is 1.12. The van der Waals surface area contributed by atoms with E-state index in [2.05, 4.69) is 54.6 Å². The van der Waals surface area contributed by atoms with E-state index in [1.807, 2.05) is 39.3 Å². The number of nitrogens with one attached hydrogen (secondary N) is 4. The van der Waals surface area contributed by atoms with Gasteiger partial charge in [-0.15, -0.1) is 22.7 Å². The lowest BCUT2D eigenvalue weighted by Crippen LogP contribution is -2.51. The summed E-state index contributed by atoms with van der Waals surface area (Å²) in [6, 6.07) is -1.87. The molecule has 4 aromatic heterocycles. The van der Waals surface area contributed by atoms with E-state index in [9.17, 15) is 19.2 Å². The molecule has 4 amide bonds. The van der Waals surface area contributed by atoms with E-state index in [1.54, 1.807) is 38.7 Å². The van der Waals surface area contributed by atoms with Crippen LogP contribution in [0.3, 0.4) is 0 Å². The summed E-state index contributed by atoms with van der Waals surface area (Å²) in [4.78, 5) is 70.3. The van der Waals surface area contributed by atoms with E-state index in [4.69, 9.17) is 14.5 Å². The van der Waals surface area contributed by atoms with Gasteiger partial charge >= 0.3 is 12.2 Å². The summed E-state index contributed by atoms with van der Waals surface area (Å²) in [6.45, 7) is 8.71. The maximum atomic E-state index is 13.6. The molecule has 4 N–H and O–H groups in total. The summed E-state index contributed by atoms with van der Waals surface area (Å²) in [5.41, 5.74) is 3.36. The predicted molar refractivity (Wildman–Crippen MR) is 205 cm³/mol. The molecule has 2 aliphatic heterocycles. The summed E-state index contributed by atoms with van der Waals surface area (Å²) in [5.74, 6) is 12.9. The Bertz CT molecular complexity index is 2140. The highest BCUT2D eigenvalue weighted by Crippen LogP contribution is 2.40. The van der Waals surface area contributed by atoms with Crippen molar-refractivity contribution in [1.82, 2.24) is 40.4 Å². The van der Waals surface area contributed by atoms with Crippen LogP contribution in [0.1, 0.15) is 88.4 Å². The first-order chi connectivity index (χ1) is 26.0. The molecule has 4 atom stereocenters. The minimum atomic E-state index is -0.704. The SMILES string of the molecule is COC(=O)N[C@H](C(=O)N1CCC[C@H]1c1ncc(C#CC#Cc2csc3c(-c4cnc([C@@H]5CCCN5C(=O)[C@@H](NC(=O)OC)C(C)C)[nH]4)csc23)[nH]1)C(C)C.